The van der Waals surface area contributed by atoms with Crippen molar-refractivity contribution in [3.63, 3.8) is 0 Å². The molecular formula is C22H38N4O3. The number of amides is 1. The Morgan fingerprint density at radius 3 is 2.34 bits per heavy atom. The number of hydrogen-bond acceptors (Lipinski definition) is 4. The molecule has 1 rings (SSSR count). The van der Waals surface area contributed by atoms with Crippen LogP contribution in [0.25, 0.3) is 0 Å². The molecule has 29 heavy (non-hydrogen) atoms. The quantitative estimate of drug-likeness (QED) is 0.374. The van der Waals surface area contributed by atoms with Crippen molar-refractivity contribution >= 4 is 12.1 Å². The van der Waals surface area contributed by atoms with Crippen molar-refractivity contribution in [2.24, 2.45) is 10.9 Å². The zero-order valence-corrected chi connectivity index (χ0v) is 18.7. The lowest BCUT2D eigenvalue weighted by atomic mass is 10.0. The number of rotatable bonds is 9. The molecule has 0 radical (unpaired) electrons. The van der Waals surface area contributed by atoms with E-state index in [1.165, 1.54) is 0 Å². The summed E-state index contributed by atoms with van der Waals surface area (Å²) < 4.78 is 5.36. The lowest BCUT2D eigenvalue weighted by Crippen LogP contribution is -2.50. The van der Waals surface area contributed by atoms with Gasteiger partial charge in [0.15, 0.2) is 5.96 Å². The smallest absolute Gasteiger partial charge is 0.407 e. The average molecular weight is 407 g/mol. The van der Waals surface area contributed by atoms with E-state index in [1.807, 2.05) is 71.9 Å². The molecule has 0 heterocycles. The maximum absolute atomic E-state index is 12.1. The SMILES string of the molecule is CCNC(=NCC(CO)c1ccccc1)NCC(NC(=O)OC(C)(C)C)C(C)C. The zero-order chi connectivity index (χ0) is 21.9. The van der Waals surface area contributed by atoms with Crippen LogP contribution in [0.15, 0.2) is 35.3 Å². The van der Waals surface area contributed by atoms with Gasteiger partial charge in [-0.05, 0) is 39.2 Å². The maximum Gasteiger partial charge on any atom is 0.407 e. The van der Waals surface area contributed by atoms with E-state index < -0.39 is 11.7 Å². The van der Waals surface area contributed by atoms with Crippen LogP contribution in [-0.4, -0.2) is 55.0 Å². The van der Waals surface area contributed by atoms with E-state index in [0.29, 0.717) is 25.6 Å². The molecular weight excluding hydrogens is 368 g/mol. The number of aliphatic hydroxyl groups is 1. The molecule has 0 saturated carbocycles. The third kappa shape index (κ3) is 10.2. The summed E-state index contributed by atoms with van der Waals surface area (Å²) in [5, 5.41) is 19.2. The Balaban J connectivity index is 2.72. The fraction of sp³-hybridized carbons (Fsp3) is 0.636. The molecule has 0 saturated heterocycles. The van der Waals surface area contributed by atoms with E-state index in [4.69, 9.17) is 4.74 Å². The predicted octanol–water partition coefficient (Wildman–Crippen LogP) is 2.87. The minimum absolute atomic E-state index is 0.0295. The molecule has 7 nitrogen and oxygen atoms in total. The van der Waals surface area contributed by atoms with Gasteiger partial charge in [0.1, 0.15) is 5.60 Å². The number of ether oxygens (including phenoxy) is 1. The summed E-state index contributed by atoms with van der Waals surface area (Å²) in [5.74, 6) is 0.804. The number of nitrogens with zero attached hydrogens (tertiary/aromatic N) is 1. The lowest BCUT2D eigenvalue weighted by Gasteiger charge is -2.26. The summed E-state index contributed by atoms with van der Waals surface area (Å²) in [6.07, 6.45) is -0.427. The number of alkyl carbamates (subject to hydrolysis) is 1. The van der Waals surface area contributed by atoms with Gasteiger partial charge in [-0.1, -0.05) is 44.2 Å². The topological polar surface area (TPSA) is 95.0 Å². The number of carbonyl (C=O) groups excluding carboxylic acids is 1. The first-order chi connectivity index (χ1) is 13.7. The Labute approximate surface area is 175 Å². The minimum atomic E-state index is -0.536. The van der Waals surface area contributed by atoms with Gasteiger partial charge in [0, 0.05) is 19.0 Å². The van der Waals surface area contributed by atoms with Gasteiger partial charge in [-0.25, -0.2) is 4.79 Å². The Morgan fingerprint density at radius 2 is 1.83 bits per heavy atom. The lowest BCUT2D eigenvalue weighted by molar-refractivity contribution is 0.0491. The van der Waals surface area contributed by atoms with Crippen molar-refractivity contribution in [1.29, 1.82) is 0 Å². The van der Waals surface area contributed by atoms with Crippen molar-refractivity contribution in [3.8, 4) is 0 Å². The van der Waals surface area contributed by atoms with Gasteiger partial charge in [-0.15, -0.1) is 0 Å². The van der Waals surface area contributed by atoms with Gasteiger partial charge >= 0.3 is 6.09 Å². The highest BCUT2D eigenvalue weighted by Gasteiger charge is 2.21. The molecule has 0 spiro atoms. The van der Waals surface area contributed by atoms with E-state index in [0.717, 1.165) is 5.56 Å². The van der Waals surface area contributed by atoms with Gasteiger partial charge < -0.3 is 25.8 Å². The third-order valence-corrected chi connectivity index (χ3v) is 4.30. The first-order valence-corrected chi connectivity index (χ1v) is 10.3. The molecule has 7 heteroatoms. The van der Waals surface area contributed by atoms with E-state index in [2.05, 4.69) is 20.9 Å². The summed E-state index contributed by atoms with van der Waals surface area (Å²) in [4.78, 5) is 16.7. The largest absolute Gasteiger partial charge is 0.444 e. The molecule has 4 N–H and O–H groups in total. The fourth-order valence-corrected chi connectivity index (χ4v) is 2.66. The summed E-state index contributed by atoms with van der Waals surface area (Å²) in [7, 11) is 0. The van der Waals surface area contributed by atoms with Crippen molar-refractivity contribution in [1.82, 2.24) is 16.0 Å². The first-order valence-electron chi connectivity index (χ1n) is 10.3. The number of aliphatic hydroxyl groups excluding tert-OH is 1. The van der Waals surface area contributed by atoms with E-state index in [9.17, 15) is 9.90 Å². The van der Waals surface area contributed by atoms with Crippen LogP contribution < -0.4 is 16.0 Å². The van der Waals surface area contributed by atoms with E-state index in [-0.39, 0.29) is 24.5 Å². The Hall–Kier alpha value is -2.28. The van der Waals surface area contributed by atoms with Crippen LogP contribution in [0.1, 0.15) is 53.0 Å². The van der Waals surface area contributed by atoms with Crippen LogP contribution in [0.3, 0.4) is 0 Å². The molecule has 0 aliphatic rings. The molecule has 1 amide bonds. The second kappa shape index (κ2) is 12.3. The van der Waals surface area contributed by atoms with Crippen LogP contribution in [0.5, 0.6) is 0 Å². The van der Waals surface area contributed by atoms with Crippen molar-refractivity contribution < 1.29 is 14.6 Å². The zero-order valence-electron chi connectivity index (χ0n) is 18.7. The Morgan fingerprint density at radius 1 is 1.17 bits per heavy atom. The predicted molar refractivity (Wildman–Crippen MR) is 118 cm³/mol. The number of hydrogen-bond donors (Lipinski definition) is 4. The third-order valence-electron chi connectivity index (χ3n) is 4.30. The molecule has 2 atom stereocenters. The number of nitrogens with one attached hydrogen (secondary N) is 3. The first kappa shape index (κ1) is 24.8. The van der Waals surface area contributed by atoms with Gasteiger partial charge in [0.05, 0.1) is 19.2 Å². The number of carbonyl (C=O) groups is 1. The van der Waals surface area contributed by atoms with Gasteiger partial charge in [0.25, 0.3) is 0 Å². The van der Waals surface area contributed by atoms with Gasteiger partial charge in [-0.2, -0.15) is 0 Å². The van der Waals surface area contributed by atoms with E-state index >= 15 is 0 Å². The molecule has 0 fully saturated rings. The van der Waals surface area contributed by atoms with Crippen molar-refractivity contribution in [2.45, 2.75) is 59.1 Å². The van der Waals surface area contributed by atoms with E-state index in [1.54, 1.807) is 0 Å². The minimum Gasteiger partial charge on any atom is -0.444 e. The maximum atomic E-state index is 12.1. The molecule has 0 aliphatic carbocycles. The van der Waals surface area contributed by atoms with Gasteiger partial charge in [0.2, 0.25) is 0 Å². The fourth-order valence-electron chi connectivity index (χ4n) is 2.66. The molecule has 1 aromatic carbocycles. The average Bonchev–Trinajstić information content (AvgIpc) is 2.64. The highest BCUT2D eigenvalue weighted by atomic mass is 16.6. The highest BCUT2D eigenvalue weighted by Crippen LogP contribution is 2.15. The standard InChI is InChI=1S/C22H38N4O3/c1-7-23-20(24-13-18(15-27)17-11-9-8-10-12-17)25-14-19(16(2)3)26-21(28)29-22(4,5)6/h8-12,16,18-19,27H,7,13-15H2,1-6H3,(H,26,28)(H2,23,24,25). The summed E-state index contributed by atoms with van der Waals surface area (Å²) in [6, 6.07) is 9.75. The number of guanidine groups is 1. The van der Waals surface area contributed by atoms with Crippen LogP contribution >= 0.6 is 0 Å². The molecule has 2 unspecified atom stereocenters. The molecule has 164 valence electrons. The Bertz CT molecular complexity index is 627. The number of aliphatic imine (C=N–C) groups is 1. The summed E-state index contributed by atoms with van der Waals surface area (Å²) >= 11 is 0. The summed E-state index contributed by atoms with van der Waals surface area (Å²) in [6.45, 7) is 13.3. The molecule has 0 bridgehead atoms. The normalized spacial score (nSPS) is 14.3. The second-order valence-electron chi connectivity index (χ2n) is 8.39. The highest BCUT2D eigenvalue weighted by molar-refractivity contribution is 5.80. The molecule has 0 aromatic heterocycles. The van der Waals surface area contributed by atoms with Crippen LogP contribution in [0.2, 0.25) is 0 Å². The van der Waals surface area contributed by atoms with Crippen LogP contribution in [0, 0.1) is 5.92 Å². The second-order valence-corrected chi connectivity index (χ2v) is 8.39. The monoisotopic (exact) mass is 406 g/mol. The number of benzene rings is 1. The van der Waals surface area contributed by atoms with Gasteiger partial charge in [-0.3, -0.25) is 4.99 Å². The molecule has 0 aliphatic heterocycles. The van der Waals surface area contributed by atoms with Crippen LogP contribution in [-0.2, 0) is 4.74 Å². The van der Waals surface area contributed by atoms with Crippen LogP contribution in [0.4, 0.5) is 4.79 Å². The molecule has 1 aromatic rings. The van der Waals surface area contributed by atoms with Crippen molar-refractivity contribution in [2.75, 3.05) is 26.2 Å². The van der Waals surface area contributed by atoms with Crippen molar-refractivity contribution in [3.05, 3.63) is 35.9 Å². The summed E-state index contributed by atoms with van der Waals surface area (Å²) in [5.41, 5.74) is 0.521. The Kier molecular flexibility index (Phi) is 10.5.